The van der Waals surface area contributed by atoms with Crippen molar-refractivity contribution in [2.45, 2.75) is 20.3 Å². The highest BCUT2D eigenvalue weighted by Gasteiger charge is 2.08. The van der Waals surface area contributed by atoms with E-state index in [0.717, 1.165) is 6.07 Å². The molecule has 0 atom stereocenters. The number of ketones is 1. The Bertz CT molecular complexity index is 345. The summed E-state index contributed by atoms with van der Waals surface area (Å²) >= 11 is 0. The van der Waals surface area contributed by atoms with Gasteiger partial charge in [-0.1, -0.05) is 0 Å². The predicted octanol–water partition coefficient (Wildman–Crippen LogP) is 2.40. The van der Waals surface area contributed by atoms with E-state index in [1.165, 1.54) is 13.0 Å². The minimum Gasteiger partial charge on any atom is -0.300 e. The summed E-state index contributed by atoms with van der Waals surface area (Å²) in [6, 6.07) is 2.18. The fraction of sp³-hybridized carbons (Fsp3) is 0.300. The fourth-order valence-electron chi connectivity index (χ4n) is 1.12. The Hall–Kier alpha value is -1.25. The third-order valence-electron chi connectivity index (χ3n) is 1.77. The van der Waals surface area contributed by atoms with Crippen molar-refractivity contribution in [3.8, 4) is 0 Å². The highest BCUT2D eigenvalue weighted by atomic mass is 19.1. The van der Waals surface area contributed by atoms with Crippen LogP contribution in [0.25, 0.3) is 0 Å². The molecule has 0 spiro atoms. The topological polar surface area (TPSA) is 17.1 Å². The predicted molar refractivity (Wildman–Crippen MR) is 45.5 cm³/mol. The van der Waals surface area contributed by atoms with Crippen molar-refractivity contribution in [1.29, 1.82) is 0 Å². The zero-order chi connectivity index (χ0) is 10.0. The molecule has 0 N–H and O–H groups in total. The lowest BCUT2D eigenvalue weighted by atomic mass is 10.1. The van der Waals surface area contributed by atoms with Gasteiger partial charge in [-0.15, -0.1) is 0 Å². The number of hydrogen-bond donors (Lipinski definition) is 0. The quantitative estimate of drug-likeness (QED) is 0.689. The van der Waals surface area contributed by atoms with Crippen molar-refractivity contribution in [2.75, 3.05) is 0 Å². The molecule has 13 heavy (non-hydrogen) atoms. The number of carbonyl (C=O) groups excluding carboxylic acids is 1. The Balaban J connectivity index is 3.08. The van der Waals surface area contributed by atoms with Crippen molar-refractivity contribution >= 4 is 5.78 Å². The molecule has 0 fully saturated rings. The maximum atomic E-state index is 13.0. The number of benzene rings is 1. The molecule has 0 aromatic heterocycles. The molecule has 1 rings (SSSR count). The largest absolute Gasteiger partial charge is 0.300 e. The van der Waals surface area contributed by atoms with E-state index in [0.29, 0.717) is 5.56 Å². The fourth-order valence-corrected chi connectivity index (χ4v) is 1.12. The second-order valence-electron chi connectivity index (χ2n) is 3.07. The first kappa shape index (κ1) is 9.84. The summed E-state index contributed by atoms with van der Waals surface area (Å²) in [6.07, 6.45) is 0.0208. The summed E-state index contributed by atoms with van der Waals surface area (Å²) in [5, 5.41) is 0. The second-order valence-corrected chi connectivity index (χ2v) is 3.07. The molecule has 70 valence electrons. The lowest BCUT2D eigenvalue weighted by Crippen LogP contribution is -2.01. The number of hydrogen-bond acceptors (Lipinski definition) is 1. The number of Topliss-reactive ketones (excluding diaryl/α,β-unsaturated/α-hetero) is 1. The minimum atomic E-state index is -0.654. The molecule has 0 aliphatic rings. The van der Waals surface area contributed by atoms with E-state index in [2.05, 4.69) is 0 Å². The molecule has 1 aromatic carbocycles. The Morgan fingerprint density at radius 3 is 2.46 bits per heavy atom. The summed E-state index contributed by atoms with van der Waals surface area (Å²) in [7, 11) is 0. The normalized spacial score (nSPS) is 10.2. The van der Waals surface area contributed by atoms with Gasteiger partial charge < -0.3 is 0 Å². The van der Waals surface area contributed by atoms with Crippen LogP contribution in [0.1, 0.15) is 18.1 Å². The Morgan fingerprint density at radius 2 is 1.92 bits per heavy atom. The van der Waals surface area contributed by atoms with Gasteiger partial charge in [-0.05, 0) is 31.0 Å². The third kappa shape index (κ3) is 2.34. The first-order valence-electron chi connectivity index (χ1n) is 3.94. The Labute approximate surface area is 75.4 Å². The van der Waals surface area contributed by atoms with Gasteiger partial charge in [0.25, 0.3) is 0 Å². The highest BCUT2D eigenvalue weighted by molar-refractivity contribution is 5.78. The first-order chi connectivity index (χ1) is 6.00. The third-order valence-corrected chi connectivity index (χ3v) is 1.77. The Morgan fingerprint density at radius 1 is 1.31 bits per heavy atom. The average molecular weight is 184 g/mol. The second kappa shape index (κ2) is 3.64. The summed E-state index contributed by atoms with van der Waals surface area (Å²) < 4.78 is 25.8. The van der Waals surface area contributed by atoms with Crippen LogP contribution in [0.3, 0.4) is 0 Å². The summed E-state index contributed by atoms with van der Waals surface area (Å²) in [4.78, 5) is 10.7. The first-order valence-corrected chi connectivity index (χ1v) is 3.94. The van der Waals surface area contributed by atoms with Crippen LogP contribution in [-0.2, 0) is 11.2 Å². The van der Waals surface area contributed by atoms with Crippen molar-refractivity contribution in [3.63, 3.8) is 0 Å². The molecule has 0 aliphatic carbocycles. The van der Waals surface area contributed by atoms with Gasteiger partial charge in [-0.25, -0.2) is 8.78 Å². The zero-order valence-corrected chi connectivity index (χ0v) is 7.53. The molecule has 0 heterocycles. The van der Waals surface area contributed by atoms with Gasteiger partial charge in [0.05, 0.1) is 0 Å². The van der Waals surface area contributed by atoms with Crippen LogP contribution >= 0.6 is 0 Å². The lowest BCUT2D eigenvalue weighted by Gasteiger charge is -2.02. The van der Waals surface area contributed by atoms with Gasteiger partial charge in [-0.2, -0.15) is 0 Å². The standard InChI is InChI=1S/C10H10F2O/c1-6-3-8(4-7(2)13)10(12)5-9(6)11/h3,5H,4H2,1-2H3. The number of carbonyl (C=O) groups is 1. The lowest BCUT2D eigenvalue weighted by molar-refractivity contribution is -0.116. The van der Waals surface area contributed by atoms with Crippen LogP contribution < -0.4 is 0 Å². The summed E-state index contributed by atoms with van der Waals surface area (Å²) in [5.74, 6) is -1.37. The molecule has 0 saturated carbocycles. The van der Waals surface area contributed by atoms with E-state index in [1.807, 2.05) is 0 Å². The van der Waals surface area contributed by atoms with Gasteiger partial charge in [0, 0.05) is 12.5 Å². The van der Waals surface area contributed by atoms with Gasteiger partial charge in [0.1, 0.15) is 17.4 Å². The molecular formula is C10H10F2O. The Kier molecular flexibility index (Phi) is 2.76. The van der Waals surface area contributed by atoms with Crippen LogP contribution in [0.5, 0.6) is 0 Å². The summed E-state index contributed by atoms with van der Waals surface area (Å²) in [6.45, 7) is 2.91. The van der Waals surface area contributed by atoms with Crippen molar-refractivity contribution in [2.24, 2.45) is 0 Å². The van der Waals surface area contributed by atoms with Crippen LogP contribution in [0.4, 0.5) is 8.78 Å². The monoisotopic (exact) mass is 184 g/mol. The number of aryl methyl sites for hydroxylation is 1. The molecule has 1 aromatic rings. The van der Waals surface area contributed by atoms with E-state index in [4.69, 9.17) is 0 Å². The number of rotatable bonds is 2. The summed E-state index contributed by atoms with van der Waals surface area (Å²) in [5.41, 5.74) is 0.615. The SMILES string of the molecule is CC(=O)Cc1cc(C)c(F)cc1F. The molecule has 3 heteroatoms. The van der Waals surface area contributed by atoms with E-state index in [1.54, 1.807) is 6.92 Å². The molecular weight excluding hydrogens is 174 g/mol. The molecule has 0 unspecified atom stereocenters. The van der Waals surface area contributed by atoms with Gasteiger partial charge in [0.2, 0.25) is 0 Å². The van der Waals surface area contributed by atoms with Crippen LogP contribution in [0.2, 0.25) is 0 Å². The minimum absolute atomic E-state index is 0.0208. The van der Waals surface area contributed by atoms with Crippen LogP contribution in [0.15, 0.2) is 12.1 Å². The average Bonchev–Trinajstić information content (AvgIpc) is 1.99. The maximum Gasteiger partial charge on any atom is 0.134 e. The highest BCUT2D eigenvalue weighted by Crippen LogP contribution is 2.14. The van der Waals surface area contributed by atoms with E-state index in [9.17, 15) is 13.6 Å². The number of halogens is 2. The van der Waals surface area contributed by atoms with Crippen molar-refractivity contribution < 1.29 is 13.6 Å². The van der Waals surface area contributed by atoms with Crippen LogP contribution in [-0.4, -0.2) is 5.78 Å². The van der Waals surface area contributed by atoms with Gasteiger partial charge >= 0.3 is 0 Å². The van der Waals surface area contributed by atoms with E-state index in [-0.39, 0.29) is 17.8 Å². The molecule has 0 amide bonds. The van der Waals surface area contributed by atoms with Gasteiger partial charge in [-0.3, -0.25) is 4.79 Å². The zero-order valence-electron chi connectivity index (χ0n) is 7.53. The van der Waals surface area contributed by atoms with Crippen LogP contribution in [0, 0.1) is 18.6 Å². The molecule has 0 bridgehead atoms. The molecule has 0 radical (unpaired) electrons. The van der Waals surface area contributed by atoms with Gasteiger partial charge in [0.15, 0.2) is 0 Å². The maximum absolute atomic E-state index is 13.0. The van der Waals surface area contributed by atoms with Crippen molar-refractivity contribution in [3.05, 3.63) is 34.9 Å². The molecule has 0 saturated heterocycles. The smallest absolute Gasteiger partial charge is 0.134 e. The van der Waals surface area contributed by atoms with E-state index >= 15 is 0 Å². The molecule has 0 aliphatic heterocycles. The van der Waals surface area contributed by atoms with E-state index < -0.39 is 11.6 Å². The van der Waals surface area contributed by atoms with Crippen molar-refractivity contribution in [1.82, 2.24) is 0 Å². The molecule has 1 nitrogen and oxygen atoms in total.